The van der Waals surface area contributed by atoms with Crippen molar-refractivity contribution in [2.45, 2.75) is 18.4 Å². The van der Waals surface area contributed by atoms with E-state index >= 15 is 0 Å². The number of benzene rings is 1. The minimum atomic E-state index is -1.32. The molecule has 0 saturated heterocycles. The largest absolute Gasteiger partial charge is 0.477 e. The number of rotatable bonds is 5. The molecule has 0 amide bonds. The maximum atomic E-state index is 14.1. The van der Waals surface area contributed by atoms with Gasteiger partial charge in [0.2, 0.25) is 5.43 Å². The van der Waals surface area contributed by atoms with E-state index in [0.717, 1.165) is 0 Å². The summed E-state index contributed by atoms with van der Waals surface area (Å²) >= 11 is 1.31. The molecular weight excluding hydrogens is 318 g/mol. The van der Waals surface area contributed by atoms with Gasteiger partial charge in [-0.05, 0) is 19.1 Å². The van der Waals surface area contributed by atoms with Gasteiger partial charge in [0.05, 0.1) is 10.9 Å². The van der Waals surface area contributed by atoms with Gasteiger partial charge in [0.15, 0.2) is 0 Å². The van der Waals surface area contributed by atoms with Crippen LogP contribution in [0.1, 0.15) is 17.3 Å². The Hall–Kier alpha value is -0.860. The topological polar surface area (TPSA) is 85.3 Å². The third-order valence-corrected chi connectivity index (χ3v) is 4.17. The summed E-state index contributed by atoms with van der Waals surface area (Å²) in [6.45, 7) is 2.53. The average molecular weight is 333 g/mol. The fraction of sp³-hybridized carbons (Fsp3) is 0.286. The van der Waals surface area contributed by atoms with Crippen LogP contribution in [0.4, 0.5) is 4.39 Å². The third-order valence-electron chi connectivity index (χ3n) is 3.08. The Kier molecular flexibility index (Phi) is 7.08. The zero-order valence-corrected chi connectivity index (χ0v) is 15.2. The predicted molar refractivity (Wildman–Crippen MR) is 86.3 cm³/mol. The van der Waals surface area contributed by atoms with Crippen molar-refractivity contribution in [2.75, 3.05) is 12.3 Å². The van der Waals surface area contributed by atoms with Gasteiger partial charge in [0, 0.05) is 59.5 Å². The minimum absolute atomic E-state index is 0. The number of pyridine rings is 1. The Morgan fingerprint density at radius 1 is 1.45 bits per heavy atom. The minimum Gasteiger partial charge on any atom is -0.477 e. The number of thioether (sulfide) groups is 1. The summed E-state index contributed by atoms with van der Waals surface area (Å²) in [5.41, 5.74) is 4.56. The second kappa shape index (κ2) is 8.12. The number of aromatic nitrogens is 1. The molecule has 2 aromatic rings. The molecule has 22 heavy (non-hydrogen) atoms. The summed E-state index contributed by atoms with van der Waals surface area (Å²) in [6.07, 6.45) is 1.19. The van der Waals surface area contributed by atoms with Crippen molar-refractivity contribution in [3.8, 4) is 0 Å². The molecule has 0 atom stereocenters. The number of aryl methyl sites for hydroxylation is 1. The zero-order chi connectivity index (χ0) is 15.6. The molecule has 0 aliphatic rings. The van der Waals surface area contributed by atoms with Crippen molar-refractivity contribution in [2.24, 2.45) is 5.73 Å². The summed E-state index contributed by atoms with van der Waals surface area (Å²) in [5.74, 6) is -1.30. The number of aromatic carboxylic acids is 1. The van der Waals surface area contributed by atoms with E-state index in [0.29, 0.717) is 23.7 Å². The van der Waals surface area contributed by atoms with E-state index in [-0.39, 0.29) is 46.0 Å². The quantitative estimate of drug-likeness (QED) is 0.640. The number of hydrogen-bond acceptors (Lipinski definition) is 4. The fourth-order valence-corrected chi connectivity index (χ4v) is 2.99. The number of halogens is 1. The van der Waals surface area contributed by atoms with E-state index in [2.05, 4.69) is 0 Å². The van der Waals surface area contributed by atoms with Crippen LogP contribution in [0.2, 0.25) is 0 Å². The smallest absolute Gasteiger partial charge is 0.341 e. The molecule has 1 aromatic carbocycles. The monoisotopic (exact) mass is 333 g/mol. The van der Waals surface area contributed by atoms with Crippen LogP contribution in [0.15, 0.2) is 28.0 Å². The second-order valence-electron chi connectivity index (χ2n) is 4.37. The molecule has 8 heteroatoms. The summed E-state index contributed by atoms with van der Waals surface area (Å²) < 4.78 is 15.6. The van der Waals surface area contributed by atoms with E-state index in [1.54, 1.807) is 6.92 Å². The molecule has 1 heterocycles. The molecule has 2 rings (SSSR count). The van der Waals surface area contributed by atoms with Gasteiger partial charge in [-0.3, -0.25) is 4.79 Å². The van der Waals surface area contributed by atoms with Gasteiger partial charge in [0.1, 0.15) is 11.4 Å². The molecule has 0 bridgehead atoms. The van der Waals surface area contributed by atoms with E-state index in [9.17, 15) is 14.0 Å². The molecule has 3 N–H and O–H groups in total. The van der Waals surface area contributed by atoms with Gasteiger partial charge in [-0.2, -0.15) is 0 Å². The Labute approximate surface area is 153 Å². The number of hydrogen-bond donors (Lipinski definition) is 2. The van der Waals surface area contributed by atoms with Gasteiger partial charge < -0.3 is 15.4 Å². The van der Waals surface area contributed by atoms with Crippen LogP contribution in [0.3, 0.4) is 0 Å². The molecule has 0 aliphatic heterocycles. The van der Waals surface area contributed by atoms with Gasteiger partial charge >= 0.3 is 5.97 Å². The van der Waals surface area contributed by atoms with Crippen molar-refractivity contribution >= 4 is 58.2 Å². The molecule has 1 radical (unpaired) electrons. The average Bonchev–Trinajstić information content (AvgIpc) is 2.46. The molecule has 5 nitrogen and oxygen atoms in total. The first-order valence-corrected chi connectivity index (χ1v) is 7.41. The van der Waals surface area contributed by atoms with E-state index in [1.807, 2.05) is 0 Å². The Balaban J connectivity index is 0.00000242. The van der Waals surface area contributed by atoms with Crippen molar-refractivity contribution in [1.82, 2.24) is 4.57 Å². The molecule has 113 valence electrons. The summed E-state index contributed by atoms with van der Waals surface area (Å²) in [6, 6.07) is 2.78. The molecule has 0 saturated carbocycles. The second-order valence-corrected chi connectivity index (χ2v) is 5.51. The number of carboxylic acids is 1. The van der Waals surface area contributed by atoms with Gasteiger partial charge in [-0.1, -0.05) is 0 Å². The number of nitrogens with two attached hydrogens (primary N) is 1. The molecule has 0 fully saturated rings. The predicted octanol–water partition coefficient (Wildman–Crippen LogP) is 1.53. The molecular formula is C14H15FN2NaO3S. The molecule has 0 unspecified atom stereocenters. The zero-order valence-electron chi connectivity index (χ0n) is 12.4. The van der Waals surface area contributed by atoms with Crippen LogP contribution in [0.25, 0.3) is 10.9 Å². The number of carbonyl (C=O) groups is 1. The normalized spacial score (nSPS) is 10.5. The Morgan fingerprint density at radius 2 is 2.14 bits per heavy atom. The van der Waals surface area contributed by atoms with Crippen molar-refractivity contribution in [3.05, 3.63) is 39.9 Å². The number of nitrogens with zero attached hydrogens (tertiary/aromatic N) is 1. The Bertz CT molecular complexity index is 764. The van der Waals surface area contributed by atoms with Crippen LogP contribution >= 0.6 is 11.8 Å². The molecule has 0 aliphatic carbocycles. The fourth-order valence-electron chi connectivity index (χ4n) is 2.15. The standard InChI is InChI=1S/C14H15FN2O3S.Na/c1-2-17-7-8(14(19)20)13(18)11-10(21-6-5-16)4-3-9(15)12(11)17;/h3-4,7H,2,5-6,16H2,1H3,(H,19,20);. The van der Waals surface area contributed by atoms with Crippen LogP contribution in [0, 0.1) is 5.82 Å². The summed E-state index contributed by atoms with van der Waals surface area (Å²) in [4.78, 5) is 24.1. The first-order chi connectivity index (χ1) is 10.0. The Morgan fingerprint density at radius 3 is 2.68 bits per heavy atom. The van der Waals surface area contributed by atoms with Gasteiger partial charge in [0.25, 0.3) is 0 Å². The summed E-state index contributed by atoms with van der Waals surface area (Å²) in [5, 5.41) is 9.25. The van der Waals surface area contributed by atoms with Crippen LogP contribution in [-0.4, -0.2) is 57.5 Å². The summed E-state index contributed by atoms with van der Waals surface area (Å²) in [7, 11) is 0. The van der Waals surface area contributed by atoms with E-state index in [1.165, 1.54) is 34.7 Å². The van der Waals surface area contributed by atoms with Crippen molar-refractivity contribution in [1.29, 1.82) is 0 Å². The van der Waals surface area contributed by atoms with Gasteiger partial charge in [-0.15, -0.1) is 11.8 Å². The third kappa shape index (κ3) is 3.55. The van der Waals surface area contributed by atoms with E-state index < -0.39 is 17.2 Å². The van der Waals surface area contributed by atoms with Crippen LogP contribution in [-0.2, 0) is 6.54 Å². The van der Waals surface area contributed by atoms with Gasteiger partial charge in [-0.25, -0.2) is 9.18 Å². The SMILES string of the molecule is CCn1cc(C(=O)O)c(=O)c2c(SCCN)ccc(F)c21.[Na]. The van der Waals surface area contributed by atoms with Crippen LogP contribution < -0.4 is 11.2 Å². The molecule has 1 aromatic heterocycles. The van der Waals surface area contributed by atoms with Crippen molar-refractivity contribution in [3.63, 3.8) is 0 Å². The number of fused-ring (bicyclic) bond motifs is 1. The molecule has 0 spiro atoms. The van der Waals surface area contributed by atoms with E-state index in [4.69, 9.17) is 10.8 Å². The first kappa shape index (κ1) is 19.2. The van der Waals surface area contributed by atoms with Crippen LogP contribution in [0.5, 0.6) is 0 Å². The number of carboxylic acid groups (broad SMARTS) is 1. The maximum Gasteiger partial charge on any atom is 0.341 e. The van der Waals surface area contributed by atoms with Crippen molar-refractivity contribution < 1.29 is 14.3 Å². The first-order valence-electron chi connectivity index (χ1n) is 6.43. The maximum absolute atomic E-state index is 14.1.